The van der Waals surface area contributed by atoms with Crippen LogP contribution in [0.4, 0.5) is 13.2 Å². The SMILES string of the molecule is C=C(OC(C)C)C(F)(F)F. The predicted molar refractivity (Wildman–Crippen MR) is 31.4 cm³/mol. The van der Waals surface area contributed by atoms with Gasteiger partial charge in [0.05, 0.1) is 6.10 Å². The maximum atomic E-state index is 11.6. The van der Waals surface area contributed by atoms with Gasteiger partial charge in [-0.2, -0.15) is 13.2 Å². The summed E-state index contributed by atoms with van der Waals surface area (Å²) in [6.07, 6.45) is -4.90. The van der Waals surface area contributed by atoms with Gasteiger partial charge in [-0.05, 0) is 13.8 Å². The topological polar surface area (TPSA) is 9.23 Å². The van der Waals surface area contributed by atoms with Gasteiger partial charge in [0.15, 0.2) is 5.76 Å². The van der Waals surface area contributed by atoms with Gasteiger partial charge in [-0.1, -0.05) is 6.58 Å². The third kappa shape index (κ3) is 3.37. The van der Waals surface area contributed by atoms with E-state index in [9.17, 15) is 13.2 Å². The second-order valence-electron chi connectivity index (χ2n) is 2.09. The van der Waals surface area contributed by atoms with Crippen molar-refractivity contribution in [1.29, 1.82) is 0 Å². The minimum absolute atomic E-state index is 0.478. The molecule has 0 aromatic rings. The van der Waals surface area contributed by atoms with E-state index in [1.165, 1.54) is 13.8 Å². The average molecular weight is 154 g/mol. The van der Waals surface area contributed by atoms with E-state index < -0.39 is 18.0 Å². The molecule has 4 heteroatoms. The van der Waals surface area contributed by atoms with E-state index in [2.05, 4.69) is 11.3 Å². The molecule has 0 aromatic heterocycles. The van der Waals surface area contributed by atoms with Crippen molar-refractivity contribution in [2.45, 2.75) is 26.1 Å². The molecule has 0 spiro atoms. The van der Waals surface area contributed by atoms with Crippen molar-refractivity contribution in [2.24, 2.45) is 0 Å². The number of allylic oxidation sites excluding steroid dienone is 1. The summed E-state index contributed by atoms with van der Waals surface area (Å²) in [5, 5.41) is 0. The molecule has 0 radical (unpaired) electrons. The van der Waals surface area contributed by atoms with Gasteiger partial charge in [-0.3, -0.25) is 0 Å². The highest BCUT2D eigenvalue weighted by molar-refractivity contribution is 4.92. The quantitative estimate of drug-likeness (QED) is 0.555. The Morgan fingerprint density at radius 3 is 1.90 bits per heavy atom. The van der Waals surface area contributed by atoms with Crippen LogP contribution in [0.1, 0.15) is 13.8 Å². The lowest BCUT2D eigenvalue weighted by molar-refractivity contribution is -0.136. The fraction of sp³-hybridized carbons (Fsp3) is 0.667. The fourth-order valence-electron chi connectivity index (χ4n) is 0.351. The zero-order valence-electron chi connectivity index (χ0n) is 5.83. The van der Waals surface area contributed by atoms with Crippen molar-refractivity contribution in [1.82, 2.24) is 0 Å². The van der Waals surface area contributed by atoms with Gasteiger partial charge in [0.25, 0.3) is 0 Å². The van der Waals surface area contributed by atoms with E-state index in [0.717, 1.165) is 0 Å². The molecule has 0 fully saturated rings. The van der Waals surface area contributed by atoms with Crippen molar-refractivity contribution in [2.75, 3.05) is 0 Å². The molecule has 0 unspecified atom stereocenters. The van der Waals surface area contributed by atoms with Gasteiger partial charge in [-0.25, -0.2) is 0 Å². The first-order valence-electron chi connectivity index (χ1n) is 2.77. The monoisotopic (exact) mass is 154 g/mol. The van der Waals surface area contributed by atoms with E-state index in [4.69, 9.17) is 0 Å². The zero-order chi connectivity index (χ0) is 8.36. The Morgan fingerprint density at radius 1 is 1.40 bits per heavy atom. The lowest BCUT2D eigenvalue weighted by Crippen LogP contribution is -2.16. The number of rotatable bonds is 2. The summed E-state index contributed by atoms with van der Waals surface area (Å²) in [4.78, 5) is 0. The molecule has 0 N–H and O–H groups in total. The van der Waals surface area contributed by atoms with Crippen LogP contribution in [0.2, 0.25) is 0 Å². The van der Waals surface area contributed by atoms with Gasteiger partial charge >= 0.3 is 6.18 Å². The Morgan fingerprint density at radius 2 is 1.80 bits per heavy atom. The molecule has 0 atom stereocenters. The molecule has 0 bridgehead atoms. The number of hydrogen-bond donors (Lipinski definition) is 0. The Bertz CT molecular complexity index is 125. The van der Waals surface area contributed by atoms with E-state index in [-0.39, 0.29) is 0 Å². The van der Waals surface area contributed by atoms with Gasteiger partial charge < -0.3 is 4.74 Å². The summed E-state index contributed by atoms with van der Waals surface area (Å²) >= 11 is 0. The highest BCUT2D eigenvalue weighted by Crippen LogP contribution is 2.25. The van der Waals surface area contributed by atoms with Crippen molar-refractivity contribution in [3.05, 3.63) is 12.3 Å². The molecule has 0 saturated heterocycles. The molecular formula is C6H9F3O. The molecule has 0 amide bonds. The first kappa shape index (κ1) is 9.33. The number of alkyl halides is 3. The molecule has 0 aliphatic rings. The largest absolute Gasteiger partial charge is 0.487 e. The van der Waals surface area contributed by atoms with Crippen molar-refractivity contribution >= 4 is 0 Å². The summed E-state index contributed by atoms with van der Waals surface area (Å²) in [5.74, 6) is -1.14. The second kappa shape index (κ2) is 2.94. The molecule has 0 saturated carbocycles. The Hall–Kier alpha value is -0.670. The lowest BCUT2D eigenvalue weighted by atomic mass is 10.4. The van der Waals surface area contributed by atoms with Gasteiger partial charge in [0.1, 0.15) is 0 Å². The molecule has 10 heavy (non-hydrogen) atoms. The molecule has 1 nitrogen and oxygen atoms in total. The van der Waals surface area contributed by atoms with Crippen LogP contribution in [-0.4, -0.2) is 12.3 Å². The summed E-state index contributed by atoms with van der Waals surface area (Å²) < 4.78 is 39.0. The minimum atomic E-state index is -4.43. The summed E-state index contributed by atoms with van der Waals surface area (Å²) in [5.41, 5.74) is 0. The Balaban J connectivity index is 3.87. The van der Waals surface area contributed by atoms with Crippen LogP contribution in [0.25, 0.3) is 0 Å². The van der Waals surface area contributed by atoms with Gasteiger partial charge in [0.2, 0.25) is 0 Å². The Kier molecular flexibility index (Phi) is 2.75. The summed E-state index contributed by atoms with van der Waals surface area (Å²) in [7, 11) is 0. The van der Waals surface area contributed by atoms with Crippen molar-refractivity contribution in [3.8, 4) is 0 Å². The standard InChI is InChI=1S/C6H9F3O/c1-4(2)10-5(3)6(7,8)9/h4H,3H2,1-2H3. The summed E-state index contributed by atoms with van der Waals surface area (Å²) in [6.45, 7) is 5.74. The van der Waals surface area contributed by atoms with E-state index in [0.29, 0.717) is 0 Å². The smallest absolute Gasteiger partial charge is 0.448 e. The number of hydrogen-bond acceptors (Lipinski definition) is 1. The third-order valence-corrected chi connectivity index (χ3v) is 0.694. The Labute approximate surface area is 57.5 Å². The maximum absolute atomic E-state index is 11.6. The predicted octanol–water partition coefficient (Wildman–Crippen LogP) is 2.49. The van der Waals surface area contributed by atoms with Crippen LogP contribution in [0.3, 0.4) is 0 Å². The molecule has 0 aliphatic carbocycles. The lowest BCUT2D eigenvalue weighted by Gasteiger charge is -2.14. The number of halogens is 3. The third-order valence-electron chi connectivity index (χ3n) is 0.694. The van der Waals surface area contributed by atoms with Gasteiger partial charge in [0, 0.05) is 0 Å². The zero-order valence-corrected chi connectivity index (χ0v) is 5.83. The van der Waals surface area contributed by atoms with Crippen LogP contribution in [-0.2, 0) is 4.74 Å². The number of ether oxygens (including phenoxy) is 1. The molecule has 0 heterocycles. The van der Waals surface area contributed by atoms with E-state index in [1.807, 2.05) is 0 Å². The molecular weight excluding hydrogens is 145 g/mol. The first-order valence-corrected chi connectivity index (χ1v) is 2.77. The summed E-state index contributed by atoms with van der Waals surface area (Å²) in [6, 6.07) is 0. The second-order valence-corrected chi connectivity index (χ2v) is 2.09. The first-order chi connectivity index (χ1) is 4.34. The maximum Gasteiger partial charge on any atom is 0.448 e. The van der Waals surface area contributed by atoms with E-state index in [1.54, 1.807) is 0 Å². The highest BCUT2D eigenvalue weighted by Gasteiger charge is 2.34. The molecule has 0 aromatic carbocycles. The average Bonchev–Trinajstić information content (AvgIpc) is 1.60. The van der Waals surface area contributed by atoms with Crippen LogP contribution in [0, 0.1) is 0 Å². The van der Waals surface area contributed by atoms with Crippen LogP contribution < -0.4 is 0 Å². The van der Waals surface area contributed by atoms with Crippen LogP contribution in [0.15, 0.2) is 12.3 Å². The van der Waals surface area contributed by atoms with Crippen LogP contribution in [0.5, 0.6) is 0 Å². The molecule has 0 aliphatic heterocycles. The van der Waals surface area contributed by atoms with Crippen LogP contribution >= 0.6 is 0 Å². The highest BCUT2D eigenvalue weighted by atomic mass is 19.4. The normalized spacial score (nSPS) is 11.8. The fourth-order valence-corrected chi connectivity index (χ4v) is 0.351. The van der Waals surface area contributed by atoms with Gasteiger partial charge in [-0.15, -0.1) is 0 Å². The molecule has 0 rings (SSSR count). The minimum Gasteiger partial charge on any atom is -0.487 e. The van der Waals surface area contributed by atoms with Crippen molar-refractivity contribution < 1.29 is 17.9 Å². The van der Waals surface area contributed by atoms with E-state index >= 15 is 0 Å². The van der Waals surface area contributed by atoms with Crippen molar-refractivity contribution in [3.63, 3.8) is 0 Å². The molecule has 60 valence electrons.